The van der Waals surface area contributed by atoms with Gasteiger partial charge < -0.3 is 10.2 Å². The van der Waals surface area contributed by atoms with E-state index in [1.165, 1.54) is 0 Å². The van der Waals surface area contributed by atoms with Crippen molar-refractivity contribution in [3.8, 4) is 5.75 Å². The monoisotopic (exact) mass is 248 g/mol. The maximum Gasteiger partial charge on any atom is 0.123 e. The SMILES string of the molecule is CC(=CC(O)(C(C)C)C(C)C)c1ccccc1O. The van der Waals surface area contributed by atoms with Crippen LogP contribution >= 0.6 is 0 Å². The van der Waals surface area contributed by atoms with Gasteiger partial charge in [0.25, 0.3) is 0 Å². The topological polar surface area (TPSA) is 40.5 Å². The van der Waals surface area contributed by atoms with E-state index in [2.05, 4.69) is 0 Å². The van der Waals surface area contributed by atoms with Gasteiger partial charge in [-0.1, -0.05) is 45.9 Å². The van der Waals surface area contributed by atoms with E-state index >= 15 is 0 Å². The third-order valence-electron chi connectivity index (χ3n) is 3.63. The Balaban J connectivity index is 3.19. The molecule has 2 heteroatoms. The second-order valence-corrected chi connectivity index (χ2v) is 5.54. The summed E-state index contributed by atoms with van der Waals surface area (Å²) in [6.07, 6.45) is 1.87. The molecule has 0 aliphatic heterocycles. The highest BCUT2D eigenvalue weighted by Gasteiger charge is 2.32. The number of hydrogen-bond donors (Lipinski definition) is 2. The van der Waals surface area contributed by atoms with Gasteiger partial charge in [0.15, 0.2) is 0 Å². The largest absolute Gasteiger partial charge is 0.507 e. The lowest BCUT2D eigenvalue weighted by atomic mass is 9.78. The molecule has 100 valence electrons. The zero-order valence-electron chi connectivity index (χ0n) is 11.9. The van der Waals surface area contributed by atoms with Crippen molar-refractivity contribution >= 4 is 5.57 Å². The molecule has 0 spiro atoms. The maximum atomic E-state index is 10.7. The third-order valence-corrected chi connectivity index (χ3v) is 3.63. The minimum Gasteiger partial charge on any atom is -0.507 e. The fourth-order valence-corrected chi connectivity index (χ4v) is 2.23. The van der Waals surface area contributed by atoms with Crippen LogP contribution in [0, 0.1) is 11.8 Å². The molecule has 0 aliphatic rings. The quantitative estimate of drug-likeness (QED) is 0.850. The predicted molar refractivity (Wildman–Crippen MR) is 76.4 cm³/mol. The van der Waals surface area contributed by atoms with E-state index in [0.717, 1.165) is 11.1 Å². The summed E-state index contributed by atoms with van der Waals surface area (Å²) in [4.78, 5) is 0. The summed E-state index contributed by atoms with van der Waals surface area (Å²) in [5.74, 6) is 0.498. The average molecular weight is 248 g/mol. The Kier molecular flexibility index (Phi) is 4.58. The number of benzene rings is 1. The molecule has 0 atom stereocenters. The highest BCUT2D eigenvalue weighted by molar-refractivity contribution is 5.69. The molecule has 0 saturated carbocycles. The molecule has 0 heterocycles. The number of allylic oxidation sites excluding steroid dienone is 1. The summed E-state index contributed by atoms with van der Waals surface area (Å²) in [7, 11) is 0. The number of hydrogen-bond acceptors (Lipinski definition) is 2. The lowest BCUT2D eigenvalue weighted by Gasteiger charge is -2.34. The van der Waals surface area contributed by atoms with Crippen LogP contribution in [0.4, 0.5) is 0 Å². The zero-order valence-corrected chi connectivity index (χ0v) is 11.9. The smallest absolute Gasteiger partial charge is 0.123 e. The first kappa shape index (κ1) is 14.8. The number of aromatic hydroxyl groups is 1. The van der Waals surface area contributed by atoms with Crippen molar-refractivity contribution in [1.29, 1.82) is 0 Å². The van der Waals surface area contributed by atoms with Gasteiger partial charge in [-0.2, -0.15) is 0 Å². The normalized spacial score (nSPS) is 13.4. The van der Waals surface area contributed by atoms with E-state index in [-0.39, 0.29) is 17.6 Å². The Hall–Kier alpha value is -1.28. The molecule has 0 amide bonds. The number of phenols is 1. The molecule has 1 rings (SSSR count). The second kappa shape index (κ2) is 5.57. The molecule has 0 bridgehead atoms. The van der Waals surface area contributed by atoms with Crippen LogP contribution < -0.4 is 0 Å². The predicted octanol–water partition coefficient (Wildman–Crippen LogP) is 3.84. The first-order chi connectivity index (χ1) is 8.29. The fraction of sp³-hybridized carbons (Fsp3) is 0.500. The highest BCUT2D eigenvalue weighted by atomic mass is 16.3. The standard InChI is InChI=1S/C16H24O2/c1-11(2)16(18,12(3)4)10-13(5)14-8-6-7-9-15(14)17/h6-12,17-18H,1-5H3. The summed E-state index contributed by atoms with van der Waals surface area (Å²) in [6, 6.07) is 7.21. The molecule has 1 aromatic rings. The van der Waals surface area contributed by atoms with Crippen molar-refractivity contribution in [1.82, 2.24) is 0 Å². The molecule has 2 nitrogen and oxygen atoms in total. The summed E-state index contributed by atoms with van der Waals surface area (Å²) >= 11 is 0. The molecule has 1 aromatic carbocycles. The number of phenolic OH excluding ortho intramolecular Hbond substituents is 1. The summed E-state index contributed by atoms with van der Waals surface area (Å²) < 4.78 is 0. The Morgan fingerprint density at radius 2 is 1.61 bits per heavy atom. The molecule has 0 saturated heterocycles. The first-order valence-corrected chi connectivity index (χ1v) is 6.49. The molecule has 0 fully saturated rings. The van der Waals surface area contributed by atoms with Gasteiger partial charge in [-0.15, -0.1) is 0 Å². The second-order valence-electron chi connectivity index (χ2n) is 5.54. The lowest BCUT2D eigenvalue weighted by molar-refractivity contribution is 0.0000912. The molecule has 0 unspecified atom stereocenters. The zero-order chi connectivity index (χ0) is 13.9. The van der Waals surface area contributed by atoms with Crippen molar-refractivity contribution in [2.75, 3.05) is 0 Å². The fourth-order valence-electron chi connectivity index (χ4n) is 2.23. The third kappa shape index (κ3) is 2.94. The van der Waals surface area contributed by atoms with Crippen LogP contribution in [0.5, 0.6) is 5.75 Å². The van der Waals surface area contributed by atoms with Crippen molar-refractivity contribution in [2.45, 2.75) is 40.2 Å². The number of rotatable bonds is 4. The van der Waals surface area contributed by atoms with Crippen molar-refractivity contribution in [2.24, 2.45) is 11.8 Å². The van der Waals surface area contributed by atoms with Crippen LogP contribution in [0.2, 0.25) is 0 Å². The van der Waals surface area contributed by atoms with Gasteiger partial charge in [-0.25, -0.2) is 0 Å². The van der Waals surface area contributed by atoms with Gasteiger partial charge in [-0.3, -0.25) is 0 Å². The van der Waals surface area contributed by atoms with Crippen molar-refractivity contribution in [3.63, 3.8) is 0 Å². The van der Waals surface area contributed by atoms with E-state index < -0.39 is 5.60 Å². The molecule has 0 aromatic heterocycles. The van der Waals surface area contributed by atoms with E-state index in [1.807, 2.05) is 52.8 Å². The van der Waals surface area contributed by atoms with Crippen molar-refractivity contribution in [3.05, 3.63) is 35.9 Å². The van der Waals surface area contributed by atoms with Crippen LogP contribution in [0.25, 0.3) is 5.57 Å². The molecule has 0 radical (unpaired) electrons. The van der Waals surface area contributed by atoms with Gasteiger partial charge in [0.05, 0.1) is 5.60 Å². The van der Waals surface area contributed by atoms with Crippen LogP contribution in [0.1, 0.15) is 40.2 Å². The van der Waals surface area contributed by atoms with E-state index in [0.29, 0.717) is 0 Å². The van der Waals surface area contributed by atoms with Gasteiger partial charge in [-0.05, 0) is 36.5 Å². The average Bonchev–Trinajstić information content (AvgIpc) is 2.28. The summed E-state index contributed by atoms with van der Waals surface area (Å²) in [6.45, 7) is 9.96. The molecular weight excluding hydrogens is 224 g/mol. The minimum absolute atomic E-state index is 0.123. The first-order valence-electron chi connectivity index (χ1n) is 6.49. The molecule has 0 aliphatic carbocycles. The Morgan fingerprint density at radius 3 is 2.06 bits per heavy atom. The van der Waals surface area contributed by atoms with Crippen LogP contribution in [0.3, 0.4) is 0 Å². The van der Waals surface area contributed by atoms with E-state index in [1.54, 1.807) is 12.1 Å². The van der Waals surface area contributed by atoms with Crippen LogP contribution in [0.15, 0.2) is 30.3 Å². The number of aliphatic hydroxyl groups is 1. The maximum absolute atomic E-state index is 10.7. The Labute approximate surface area is 110 Å². The minimum atomic E-state index is -0.855. The van der Waals surface area contributed by atoms with Gasteiger partial charge in [0, 0.05) is 5.56 Å². The lowest BCUT2D eigenvalue weighted by Crippen LogP contribution is -2.38. The Bertz CT molecular complexity index is 422. The highest BCUT2D eigenvalue weighted by Crippen LogP contribution is 2.33. The Morgan fingerprint density at radius 1 is 1.11 bits per heavy atom. The molecule has 2 N–H and O–H groups in total. The number of para-hydroxylation sites is 1. The molecular formula is C16H24O2. The van der Waals surface area contributed by atoms with Gasteiger partial charge in [0.2, 0.25) is 0 Å². The molecule has 18 heavy (non-hydrogen) atoms. The van der Waals surface area contributed by atoms with E-state index in [9.17, 15) is 10.2 Å². The summed E-state index contributed by atoms with van der Waals surface area (Å²) in [5, 5.41) is 20.6. The van der Waals surface area contributed by atoms with E-state index in [4.69, 9.17) is 0 Å². The summed E-state index contributed by atoms with van der Waals surface area (Å²) in [5.41, 5.74) is 0.821. The van der Waals surface area contributed by atoms with Crippen LogP contribution in [-0.2, 0) is 0 Å². The van der Waals surface area contributed by atoms with Gasteiger partial charge in [0.1, 0.15) is 5.75 Å². The van der Waals surface area contributed by atoms with Gasteiger partial charge >= 0.3 is 0 Å². The van der Waals surface area contributed by atoms with Crippen LogP contribution in [-0.4, -0.2) is 15.8 Å². The van der Waals surface area contributed by atoms with Crippen molar-refractivity contribution < 1.29 is 10.2 Å².